The van der Waals surface area contributed by atoms with Gasteiger partial charge in [0.25, 0.3) is 0 Å². The summed E-state index contributed by atoms with van der Waals surface area (Å²) >= 11 is 0. The maximum absolute atomic E-state index is 11.1. The molecule has 0 spiro atoms. The van der Waals surface area contributed by atoms with Crippen molar-refractivity contribution in [2.24, 2.45) is 0 Å². The number of rotatable bonds is 2. The molecule has 0 fully saturated rings. The largest absolute Gasteiger partial charge is 0.508 e. The second-order valence-corrected chi connectivity index (χ2v) is 5.33. The molecule has 1 atom stereocenters. The van der Waals surface area contributed by atoms with E-state index in [1.807, 2.05) is 30.3 Å². The molecule has 1 aliphatic carbocycles. The molecule has 0 aliphatic heterocycles. The van der Waals surface area contributed by atoms with Crippen LogP contribution >= 0.6 is 0 Å². The van der Waals surface area contributed by atoms with Crippen molar-refractivity contribution in [1.82, 2.24) is 0 Å². The number of carboxylic acids is 1. The third-order valence-corrected chi connectivity index (χ3v) is 3.95. The molecule has 0 radical (unpaired) electrons. The number of aliphatic carboxylic acids is 1. The molecule has 0 aromatic heterocycles. The maximum Gasteiger partial charge on any atom is 0.303 e. The molecule has 20 heavy (non-hydrogen) atoms. The van der Waals surface area contributed by atoms with Crippen molar-refractivity contribution in [3.05, 3.63) is 64.7 Å². The fraction of sp³-hybridized carbons (Fsp3) is 0.235. The zero-order valence-electron chi connectivity index (χ0n) is 11.0. The number of phenolic OH excluding ortho intramolecular Hbond substituents is 1. The van der Waals surface area contributed by atoms with Crippen molar-refractivity contribution in [2.45, 2.75) is 25.2 Å². The quantitative estimate of drug-likeness (QED) is 0.880. The Morgan fingerprint density at radius 3 is 2.70 bits per heavy atom. The standard InChI is InChI=1S/C17H16O3/c18-15-6-5-11-7-14(10-17(19)20)16-4-2-1-3-12(16)8-13(11)9-15/h1-6,9,14,18H,7-8,10H2,(H,19,20)/t14-/m0/s1. The number of phenols is 1. The van der Waals surface area contributed by atoms with Crippen LogP contribution in [0.1, 0.15) is 34.6 Å². The number of carboxylic acid groups (broad SMARTS) is 1. The summed E-state index contributed by atoms with van der Waals surface area (Å²) in [6.07, 6.45) is 1.59. The molecule has 2 aromatic carbocycles. The highest BCUT2D eigenvalue weighted by atomic mass is 16.4. The van der Waals surface area contributed by atoms with Crippen molar-refractivity contribution in [2.75, 3.05) is 0 Å². The van der Waals surface area contributed by atoms with Gasteiger partial charge in [0.2, 0.25) is 0 Å². The molecule has 0 heterocycles. The Morgan fingerprint density at radius 2 is 1.90 bits per heavy atom. The van der Waals surface area contributed by atoms with Gasteiger partial charge in [-0.1, -0.05) is 30.3 Å². The van der Waals surface area contributed by atoms with Crippen LogP contribution in [0, 0.1) is 0 Å². The summed E-state index contributed by atoms with van der Waals surface area (Å²) in [5, 5.41) is 18.8. The number of carbonyl (C=O) groups is 1. The fourth-order valence-electron chi connectivity index (χ4n) is 3.04. The van der Waals surface area contributed by atoms with E-state index >= 15 is 0 Å². The molecular formula is C17H16O3. The van der Waals surface area contributed by atoms with Gasteiger partial charge in [-0.15, -0.1) is 0 Å². The monoisotopic (exact) mass is 268 g/mol. The third-order valence-electron chi connectivity index (χ3n) is 3.95. The Bertz CT molecular complexity index is 661. The average Bonchev–Trinajstić information content (AvgIpc) is 2.55. The first-order valence-electron chi connectivity index (χ1n) is 6.74. The van der Waals surface area contributed by atoms with Crippen LogP contribution in [0.4, 0.5) is 0 Å². The average molecular weight is 268 g/mol. The second kappa shape index (κ2) is 5.00. The molecule has 3 heteroatoms. The van der Waals surface area contributed by atoms with Crippen LogP contribution < -0.4 is 0 Å². The zero-order valence-corrected chi connectivity index (χ0v) is 11.0. The van der Waals surface area contributed by atoms with Gasteiger partial charge >= 0.3 is 5.97 Å². The van der Waals surface area contributed by atoms with Crippen LogP contribution in [0.25, 0.3) is 0 Å². The highest BCUT2D eigenvalue weighted by molar-refractivity contribution is 5.68. The SMILES string of the molecule is O=C(O)C[C@@H]1Cc2ccc(O)cc2Cc2ccccc21. The summed E-state index contributed by atoms with van der Waals surface area (Å²) < 4.78 is 0. The number of aromatic hydroxyl groups is 1. The summed E-state index contributed by atoms with van der Waals surface area (Å²) in [6, 6.07) is 13.4. The molecule has 0 amide bonds. The number of benzene rings is 2. The van der Waals surface area contributed by atoms with E-state index in [-0.39, 0.29) is 18.1 Å². The first kappa shape index (κ1) is 12.7. The van der Waals surface area contributed by atoms with Gasteiger partial charge in [-0.25, -0.2) is 0 Å². The van der Waals surface area contributed by atoms with Gasteiger partial charge in [-0.3, -0.25) is 4.79 Å². The van der Waals surface area contributed by atoms with E-state index in [1.54, 1.807) is 12.1 Å². The van der Waals surface area contributed by atoms with Crippen molar-refractivity contribution in [3.63, 3.8) is 0 Å². The Balaban J connectivity index is 2.09. The molecule has 0 saturated heterocycles. The molecule has 2 N–H and O–H groups in total. The summed E-state index contributed by atoms with van der Waals surface area (Å²) in [5.41, 5.74) is 4.49. The van der Waals surface area contributed by atoms with Gasteiger partial charge in [0.05, 0.1) is 6.42 Å². The number of hydrogen-bond acceptors (Lipinski definition) is 2. The van der Waals surface area contributed by atoms with Gasteiger partial charge in [0.15, 0.2) is 0 Å². The lowest BCUT2D eigenvalue weighted by atomic mass is 9.89. The molecule has 0 unspecified atom stereocenters. The topological polar surface area (TPSA) is 57.5 Å². The summed E-state index contributed by atoms with van der Waals surface area (Å²) in [7, 11) is 0. The molecule has 102 valence electrons. The summed E-state index contributed by atoms with van der Waals surface area (Å²) in [5.74, 6) is -0.514. The summed E-state index contributed by atoms with van der Waals surface area (Å²) in [4.78, 5) is 11.1. The van der Waals surface area contributed by atoms with E-state index in [0.29, 0.717) is 6.42 Å². The minimum Gasteiger partial charge on any atom is -0.508 e. The van der Waals surface area contributed by atoms with Gasteiger partial charge in [0, 0.05) is 0 Å². The minimum absolute atomic E-state index is 0.00510. The van der Waals surface area contributed by atoms with Crippen LogP contribution in [-0.2, 0) is 17.6 Å². The normalized spacial score (nSPS) is 16.9. The van der Waals surface area contributed by atoms with Crippen molar-refractivity contribution in [1.29, 1.82) is 0 Å². The van der Waals surface area contributed by atoms with E-state index in [9.17, 15) is 9.90 Å². The number of fused-ring (bicyclic) bond motifs is 2. The zero-order chi connectivity index (χ0) is 14.1. The lowest BCUT2D eigenvalue weighted by molar-refractivity contribution is -0.137. The van der Waals surface area contributed by atoms with Crippen LogP contribution in [0.3, 0.4) is 0 Å². The minimum atomic E-state index is -0.771. The second-order valence-electron chi connectivity index (χ2n) is 5.33. The van der Waals surface area contributed by atoms with Crippen molar-refractivity contribution < 1.29 is 15.0 Å². The molecule has 3 rings (SSSR count). The fourth-order valence-corrected chi connectivity index (χ4v) is 3.04. The molecule has 2 aromatic rings. The highest BCUT2D eigenvalue weighted by Gasteiger charge is 2.23. The predicted octanol–water partition coefficient (Wildman–Crippen LogP) is 3.10. The van der Waals surface area contributed by atoms with Gasteiger partial charge in [-0.2, -0.15) is 0 Å². The van der Waals surface area contributed by atoms with Gasteiger partial charge < -0.3 is 10.2 Å². The number of hydrogen-bond donors (Lipinski definition) is 2. The van der Waals surface area contributed by atoms with E-state index in [2.05, 4.69) is 0 Å². The van der Waals surface area contributed by atoms with Crippen LogP contribution in [0.5, 0.6) is 5.75 Å². The van der Waals surface area contributed by atoms with Crippen LogP contribution in [0.2, 0.25) is 0 Å². The van der Waals surface area contributed by atoms with Crippen molar-refractivity contribution >= 4 is 5.97 Å². The van der Waals surface area contributed by atoms with E-state index in [0.717, 1.165) is 28.7 Å². The molecule has 0 bridgehead atoms. The lowest BCUT2D eigenvalue weighted by Crippen LogP contribution is -2.09. The van der Waals surface area contributed by atoms with Crippen LogP contribution in [-0.4, -0.2) is 16.2 Å². The maximum atomic E-state index is 11.1. The van der Waals surface area contributed by atoms with E-state index in [1.165, 1.54) is 0 Å². The molecule has 0 saturated carbocycles. The van der Waals surface area contributed by atoms with E-state index in [4.69, 9.17) is 5.11 Å². The highest BCUT2D eigenvalue weighted by Crippen LogP contribution is 2.35. The first-order chi connectivity index (χ1) is 9.63. The van der Waals surface area contributed by atoms with Gasteiger partial charge in [-0.05, 0) is 53.1 Å². The van der Waals surface area contributed by atoms with Crippen LogP contribution in [0.15, 0.2) is 42.5 Å². The lowest BCUT2D eigenvalue weighted by Gasteiger charge is -2.15. The van der Waals surface area contributed by atoms with Gasteiger partial charge in [0.1, 0.15) is 5.75 Å². The molecular weight excluding hydrogens is 252 g/mol. The Kier molecular flexibility index (Phi) is 3.18. The first-order valence-corrected chi connectivity index (χ1v) is 6.74. The van der Waals surface area contributed by atoms with Crippen molar-refractivity contribution in [3.8, 4) is 5.75 Å². The molecule has 3 nitrogen and oxygen atoms in total. The smallest absolute Gasteiger partial charge is 0.303 e. The Morgan fingerprint density at radius 1 is 1.10 bits per heavy atom. The summed E-state index contributed by atoms with van der Waals surface area (Å²) in [6.45, 7) is 0. The third kappa shape index (κ3) is 2.39. The molecule has 1 aliphatic rings. The van der Waals surface area contributed by atoms with E-state index < -0.39 is 5.97 Å². The Hall–Kier alpha value is -2.29. The Labute approximate surface area is 117 Å². The predicted molar refractivity (Wildman–Crippen MR) is 76.1 cm³/mol.